The molecule has 1 atom stereocenters. The minimum atomic E-state index is 0.253. The number of benzene rings is 2. The van der Waals surface area contributed by atoms with Gasteiger partial charge >= 0.3 is 0 Å². The summed E-state index contributed by atoms with van der Waals surface area (Å²) in [5.74, 6) is 0.688. The number of fused-ring (bicyclic) bond motifs is 1. The molecule has 2 aromatic carbocycles. The fourth-order valence-corrected chi connectivity index (χ4v) is 4.35. The van der Waals surface area contributed by atoms with E-state index in [1.807, 2.05) is 11.6 Å². The predicted molar refractivity (Wildman–Crippen MR) is 104 cm³/mol. The van der Waals surface area contributed by atoms with Crippen molar-refractivity contribution < 1.29 is 0 Å². The van der Waals surface area contributed by atoms with Crippen molar-refractivity contribution in [3.63, 3.8) is 0 Å². The Hall–Kier alpha value is -2.86. The molecule has 5 nitrogen and oxygen atoms in total. The van der Waals surface area contributed by atoms with E-state index in [2.05, 4.69) is 62.5 Å². The second-order valence-corrected chi connectivity index (χ2v) is 7.35. The summed E-state index contributed by atoms with van der Waals surface area (Å²) in [4.78, 5) is 11.5. The first kappa shape index (κ1) is 15.4. The van der Waals surface area contributed by atoms with E-state index in [9.17, 15) is 0 Å². The molecule has 0 spiro atoms. The third kappa shape index (κ3) is 2.72. The summed E-state index contributed by atoms with van der Waals surface area (Å²) >= 11 is 1.69. The topological polar surface area (TPSA) is 54.8 Å². The monoisotopic (exact) mass is 359 g/mol. The molecule has 4 aromatic rings. The maximum Gasteiger partial charge on any atom is 0.246 e. The molecule has 0 N–H and O–H groups in total. The highest BCUT2D eigenvalue weighted by Gasteiger charge is 2.30. The number of anilines is 1. The van der Waals surface area contributed by atoms with Gasteiger partial charge < -0.3 is 4.90 Å². The van der Waals surface area contributed by atoms with Crippen molar-refractivity contribution in [2.75, 3.05) is 11.4 Å². The van der Waals surface area contributed by atoms with E-state index in [0.29, 0.717) is 5.95 Å². The van der Waals surface area contributed by atoms with E-state index in [0.717, 1.165) is 35.7 Å². The lowest BCUT2D eigenvalue weighted by molar-refractivity contribution is 0.688. The van der Waals surface area contributed by atoms with Crippen LogP contribution in [0.4, 0.5) is 5.95 Å². The molecule has 128 valence electrons. The van der Waals surface area contributed by atoms with Crippen LogP contribution in [0.25, 0.3) is 22.0 Å². The van der Waals surface area contributed by atoms with Gasteiger partial charge in [-0.1, -0.05) is 36.4 Å². The van der Waals surface area contributed by atoms with Crippen LogP contribution in [0.5, 0.6) is 0 Å². The Morgan fingerprint density at radius 1 is 1.08 bits per heavy atom. The molecule has 1 unspecified atom stereocenters. The Labute approximate surface area is 155 Å². The van der Waals surface area contributed by atoms with Gasteiger partial charge in [0.05, 0.1) is 17.9 Å². The highest BCUT2D eigenvalue weighted by molar-refractivity contribution is 7.09. The van der Waals surface area contributed by atoms with Gasteiger partial charge in [-0.25, -0.2) is 9.97 Å². The van der Waals surface area contributed by atoms with Crippen molar-refractivity contribution in [1.82, 2.24) is 20.2 Å². The molecule has 0 bridgehead atoms. The van der Waals surface area contributed by atoms with E-state index in [4.69, 9.17) is 4.98 Å². The molecule has 1 aliphatic heterocycles. The zero-order valence-corrected chi connectivity index (χ0v) is 14.9. The van der Waals surface area contributed by atoms with Crippen molar-refractivity contribution >= 4 is 28.1 Å². The molecule has 0 aliphatic carbocycles. The second-order valence-electron chi connectivity index (χ2n) is 6.43. The third-order valence-electron chi connectivity index (χ3n) is 4.84. The first-order chi connectivity index (χ1) is 12.9. The lowest BCUT2D eigenvalue weighted by atomic mass is 10.1. The molecule has 0 amide bonds. The van der Waals surface area contributed by atoms with Crippen LogP contribution >= 0.6 is 11.3 Å². The fraction of sp³-hybridized carbons (Fsp3) is 0.200. The van der Waals surface area contributed by atoms with Gasteiger partial charge in [0.15, 0.2) is 0 Å². The van der Waals surface area contributed by atoms with Crippen molar-refractivity contribution in [2.45, 2.75) is 18.9 Å². The maximum absolute atomic E-state index is 4.82. The van der Waals surface area contributed by atoms with Gasteiger partial charge in [0.25, 0.3) is 0 Å². The molecule has 1 saturated heterocycles. The molecular weight excluding hydrogens is 342 g/mol. The maximum atomic E-state index is 4.82. The van der Waals surface area contributed by atoms with Crippen LogP contribution in [0.1, 0.15) is 23.9 Å². The van der Waals surface area contributed by atoms with Crippen LogP contribution in [0.2, 0.25) is 0 Å². The Bertz CT molecular complexity index is 1050. The van der Waals surface area contributed by atoms with Crippen LogP contribution in [0, 0.1) is 0 Å². The molecule has 1 aliphatic rings. The van der Waals surface area contributed by atoms with E-state index >= 15 is 0 Å². The minimum absolute atomic E-state index is 0.253. The molecule has 3 heterocycles. The van der Waals surface area contributed by atoms with Gasteiger partial charge in [-0.05, 0) is 29.7 Å². The largest absolute Gasteiger partial charge is 0.330 e. The van der Waals surface area contributed by atoms with E-state index in [1.165, 1.54) is 10.8 Å². The Kier molecular flexibility index (Phi) is 3.83. The molecule has 5 rings (SSSR count). The van der Waals surface area contributed by atoms with Crippen molar-refractivity contribution in [1.29, 1.82) is 0 Å². The van der Waals surface area contributed by atoms with Crippen LogP contribution in [-0.2, 0) is 0 Å². The number of nitrogens with zero attached hydrogens (tertiary/aromatic N) is 5. The summed E-state index contributed by atoms with van der Waals surface area (Å²) < 4.78 is 0. The minimum Gasteiger partial charge on any atom is -0.330 e. The Morgan fingerprint density at radius 2 is 2.00 bits per heavy atom. The standard InChI is InChI=1S/C20H17N5S/c1-2-5-15-12-16(8-7-14(15)4-1)17-13-22-24-20(23-17)25-10-3-6-18(25)19-21-9-11-26-19/h1-2,4-5,7-9,11-13,18H,3,6,10H2. The van der Waals surface area contributed by atoms with E-state index in [-0.39, 0.29) is 6.04 Å². The zero-order chi connectivity index (χ0) is 17.3. The van der Waals surface area contributed by atoms with Crippen LogP contribution in [0.3, 0.4) is 0 Å². The average Bonchev–Trinajstić information content (AvgIpc) is 3.39. The number of rotatable bonds is 3. The quantitative estimate of drug-likeness (QED) is 0.539. The first-order valence-corrected chi connectivity index (χ1v) is 9.61. The molecule has 2 aromatic heterocycles. The summed E-state index contributed by atoms with van der Waals surface area (Å²) in [5, 5.41) is 14.1. The van der Waals surface area contributed by atoms with E-state index in [1.54, 1.807) is 17.5 Å². The van der Waals surface area contributed by atoms with Gasteiger partial charge in [-0.15, -0.1) is 16.4 Å². The fourth-order valence-electron chi connectivity index (χ4n) is 3.57. The Balaban J connectivity index is 1.52. The molecule has 0 radical (unpaired) electrons. The smallest absolute Gasteiger partial charge is 0.246 e. The Morgan fingerprint density at radius 3 is 2.88 bits per heavy atom. The lowest BCUT2D eigenvalue weighted by Gasteiger charge is -2.22. The highest BCUT2D eigenvalue weighted by Crippen LogP contribution is 2.35. The lowest BCUT2D eigenvalue weighted by Crippen LogP contribution is -2.25. The summed E-state index contributed by atoms with van der Waals surface area (Å²) in [6.07, 6.45) is 5.80. The molecule has 26 heavy (non-hydrogen) atoms. The van der Waals surface area contributed by atoms with Crippen molar-refractivity contribution in [3.05, 3.63) is 65.2 Å². The average molecular weight is 359 g/mol. The van der Waals surface area contributed by atoms with Gasteiger partial charge in [-0.2, -0.15) is 5.10 Å². The van der Waals surface area contributed by atoms with Crippen LogP contribution in [0.15, 0.2) is 60.2 Å². The number of thiazole rings is 1. The normalized spacial score (nSPS) is 17.1. The van der Waals surface area contributed by atoms with Gasteiger partial charge in [0.2, 0.25) is 5.95 Å². The SMILES string of the molecule is c1ccc2cc(-c3cnnc(N4CCCC4c4nccs4)n3)ccc2c1. The molecule has 6 heteroatoms. The predicted octanol–water partition coefficient (Wildman–Crippen LogP) is 4.49. The summed E-state index contributed by atoms with van der Waals surface area (Å²) in [6, 6.07) is 15.0. The first-order valence-electron chi connectivity index (χ1n) is 8.73. The van der Waals surface area contributed by atoms with Crippen LogP contribution in [-0.4, -0.2) is 26.7 Å². The zero-order valence-electron chi connectivity index (χ0n) is 14.1. The van der Waals surface area contributed by atoms with Gasteiger partial charge in [0, 0.05) is 23.7 Å². The summed E-state index contributed by atoms with van der Waals surface area (Å²) in [7, 11) is 0. The van der Waals surface area contributed by atoms with Gasteiger partial charge in [-0.3, -0.25) is 0 Å². The van der Waals surface area contributed by atoms with Crippen molar-refractivity contribution in [2.24, 2.45) is 0 Å². The van der Waals surface area contributed by atoms with Crippen LogP contribution < -0.4 is 4.90 Å². The number of aromatic nitrogens is 4. The third-order valence-corrected chi connectivity index (χ3v) is 5.72. The molecule has 0 saturated carbocycles. The molecular formula is C20H17N5S. The summed E-state index contributed by atoms with van der Waals surface area (Å²) in [6.45, 7) is 0.938. The van der Waals surface area contributed by atoms with Gasteiger partial charge in [0.1, 0.15) is 5.01 Å². The molecule has 1 fully saturated rings. The second kappa shape index (κ2) is 6.46. The van der Waals surface area contributed by atoms with E-state index < -0.39 is 0 Å². The number of hydrogen-bond acceptors (Lipinski definition) is 6. The highest BCUT2D eigenvalue weighted by atomic mass is 32.1. The summed E-state index contributed by atoms with van der Waals surface area (Å²) in [5.41, 5.74) is 1.91. The van der Waals surface area contributed by atoms with Crippen molar-refractivity contribution in [3.8, 4) is 11.3 Å². The number of hydrogen-bond donors (Lipinski definition) is 0.